The van der Waals surface area contributed by atoms with Crippen LogP contribution in [0.5, 0.6) is 0 Å². The first kappa shape index (κ1) is 23.0. The van der Waals surface area contributed by atoms with Crippen molar-refractivity contribution in [3.63, 3.8) is 0 Å². The van der Waals surface area contributed by atoms with Crippen molar-refractivity contribution in [3.8, 4) is 11.8 Å². The summed E-state index contributed by atoms with van der Waals surface area (Å²) in [5.41, 5.74) is 4.19. The van der Waals surface area contributed by atoms with Crippen molar-refractivity contribution >= 4 is 0 Å². The lowest BCUT2D eigenvalue weighted by Gasteiger charge is -2.34. The molecule has 0 bridgehead atoms. The van der Waals surface area contributed by atoms with Crippen LogP contribution in [-0.4, -0.2) is 16.3 Å². The van der Waals surface area contributed by atoms with Crippen LogP contribution in [0.25, 0.3) is 0 Å². The molecular weight excluding hydrogens is 356 g/mol. The van der Waals surface area contributed by atoms with Crippen molar-refractivity contribution in [1.82, 2.24) is 0 Å². The van der Waals surface area contributed by atoms with Gasteiger partial charge in [-0.05, 0) is 54.0 Å². The minimum atomic E-state index is -0.658. The maximum Gasteiger partial charge on any atom is 0.119 e. The quantitative estimate of drug-likeness (QED) is 0.583. The minimum Gasteiger partial charge on any atom is -0.512 e. The first-order valence-electron chi connectivity index (χ1n) is 10.7. The molecule has 0 aliphatic heterocycles. The van der Waals surface area contributed by atoms with Gasteiger partial charge in [-0.1, -0.05) is 83.7 Å². The van der Waals surface area contributed by atoms with Gasteiger partial charge in [-0.2, -0.15) is 0 Å². The zero-order valence-electron chi connectivity index (χ0n) is 19.0. The molecule has 1 aliphatic rings. The van der Waals surface area contributed by atoms with E-state index in [0.29, 0.717) is 5.76 Å². The van der Waals surface area contributed by atoms with Crippen LogP contribution in [-0.2, 0) is 5.41 Å². The summed E-state index contributed by atoms with van der Waals surface area (Å²) in [4.78, 5) is 0. The van der Waals surface area contributed by atoms with Gasteiger partial charge in [0.2, 0.25) is 0 Å². The average Bonchev–Trinajstić information content (AvgIpc) is 2.84. The monoisotopic (exact) mass is 392 g/mol. The summed E-state index contributed by atoms with van der Waals surface area (Å²) in [6.45, 7) is 14.5. The Morgan fingerprint density at radius 1 is 1.10 bits per heavy atom. The number of hydrogen-bond donors (Lipinski definition) is 2. The fourth-order valence-corrected chi connectivity index (χ4v) is 3.75. The molecule has 2 unspecified atom stereocenters. The maximum absolute atomic E-state index is 10.2. The first-order valence-corrected chi connectivity index (χ1v) is 10.7. The molecule has 2 heteroatoms. The molecule has 1 aromatic rings. The zero-order chi connectivity index (χ0) is 21.8. The average molecular weight is 393 g/mol. The number of aliphatic hydroxyl groups is 2. The summed E-state index contributed by atoms with van der Waals surface area (Å²) in [5.74, 6) is 6.59. The molecule has 0 fully saturated rings. The van der Waals surface area contributed by atoms with Gasteiger partial charge < -0.3 is 10.2 Å². The van der Waals surface area contributed by atoms with E-state index in [1.54, 1.807) is 0 Å². The lowest BCUT2D eigenvalue weighted by atomic mass is 9.69. The predicted molar refractivity (Wildman–Crippen MR) is 123 cm³/mol. The molecule has 1 aromatic carbocycles. The molecule has 0 heterocycles. The number of hydrogen-bond acceptors (Lipinski definition) is 2. The molecule has 29 heavy (non-hydrogen) atoms. The van der Waals surface area contributed by atoms with Crippen molar-refractivity contribution in [2.75, 3.05) is 0 Å². The largest absolute Gasteiger partial charge is 0.512 e. The number of aryl methyl sites for hydroxylation is 1. The van der Waals surface area contributed by atoms with Crippen LogP contribution in [0.1, 0.15) is 71.1 Å². The van der Waals surface area contributed by atoms with Crippen molar-refractivity contribution < 1.29 is 10.2 Å². The van der Waals surface area contributed by atoms with Crippen molar-refractivity contribution in [2.24, 2.45) is 11.3 Å². The summed E-state index contributed by atoms with van der Waals surface area (Å²) in [6, 6.07) is 6.47. The Morgan fingerprint density at radius 3 is 2.31 bits per heavy atom. The molecule has 2 rings (SSSR count). The lowest BCUT2D eigenvalue weighted by molar-refractivity contribution is 0.114. The van der Waals surface area contributed by atoms with Crippen LogP contribution in [0.15, 0.2) is 53.8 Å². The second-order valence-electron chi connectivity index (χ2n) is 9.22. The highest BCUT2D eigenvalue weighted by Gasteiger charge is 2.32. The molecule has 156 valence electrons. The third-order valence-electron chi connectivity index (χ3n) is 6.17. The Labute approximate surface area is 177 Å². The van der Waals surface area contributed by atoms with Gasteiger partial charge in [-0.15, -0.1) is 0 Å². The third kappa shape index (κ3) is 5.03. The van der Waals surface area contributed by atoms with Crippen LogP contribution < -0.4 is 0 Å². The second-order valence-corrected chi connectivity index (χ2v) is 9.22. The van der Waals surface area contributed by atoms with E-state index in [2.05, 4.69) is 69.0 Å². The molecule has 2 N–H and O–H groups in total. The molecular formula is C27H36O2. The number of rotatable bonds is 4. The summed E-state index contributed by atoms with van der Waals surface area (Å²) in [5, 5.41) is 20.4. The van der Waals surface area contributed by atoms with E-state index in [0.717, 1.165) is 24.0 Å². The van der Waals surface area contributed by atoms with E-state index < -0.39 is 6.10 Å². The van der Waals surface area contributed by atoms with Gasteiger partial charge in [0.25, 0.3) is 0 Å². The lowest BCUT2D eigenvalue weighted by Crippen LogP contribution is -2.26. The molecule has 2 nitrogen and oxygen atoms in total. The van der Waals surface area contributed by atoms with Gasteiger partial charge in [0.05, 0.1) is 5.76 Å². The summed E-state index contributed by atoms with van der Waals surface area (Å²) in [7, 11) is 0. The van der Waals surface area contributed by atoms with Gasteiger partial charge in [-0.25, -0.2) is 0 Å². The van der Waals surface area contributed by atoms with Crippen molar-refractivity contribution in [3.05, 3.63) is 70.5 Å². The van der Waals surface area contributed by atoms with E-state index in [-0.39, 0.29) is 16.7 Å². The van der Waals surface area contributed by atoms with Crippen LogP contribution in [0.3, 0.4) is 0 Å². The topological polar surface area (TPSA) is 40.5 Å². The van der Waals surface area contributed by atoms with E-state index >= 15 is 0 Å². The Bertz CT molecular complexity index is 877. The predicted octanol–water partition coefficient (Wildman–Crippen LogP) is 6.39. The Hall–Kier alpha value is -2.24. The summed E-state index contributed by atoms with van der Waals surface area (Å²) >= 11 is 0. The molecule has 1 aliphatic carbocycles. The summed E-state index contributed by atoms with van der Waals surface area (Å²) in [6.07, 6.45) is 9.41. The number of allylic oxidation sites excluding steroid dienone is 5. The van der Waals surface area contributed by atoms with Gasteiger partial charge in [0.15, 0.2) is 0 Å². The van der Waals surface area contributed by atoms with Gasteiger partial charge in [0, 0.05) is 16.9 Å². The first-order chi connectivity index (χ1) is 13.5. The molecule has 0 amide bonds. The van der Waals surface area contributed by atoms with Crippen molar-refractivity contribution in [2.45, 2.75) is 72.8 Å². The minimum absolute atomic E-state index is 0.0313. The fourth-order valence-electron chi connectivity index (χ4n) is 3.75. The molecule has 0 saturated carbocycles. The van der Waals surface area contributed by atoms with E-state index in [1.165, 1.54) is 11.1 Å². The van der Waals surface area contributed by atoms with E-state index in [1.807, 2.05) is 33.8 Å². The number of aliphatic hydroxyl groups excluding tert-OH is 2. The van der Waals surface area contributed by atoms with Gasteiger partial charge in [0.1, 0.15) is 6.10 Å². The molecule has 0 spiro atoms. The van der Waals surface area contributed by atoms with Crippen molar-refractivity contribution in [1.29, 1.82) is 0 Å². The van der Waals surface area contributed by atoms with Crippen LogP contribution in [0.4, 0.5) is 0 Å². The zero-order valence-corrected chi connectivity index (χ0v) is 19.0. The van der Waals surface area contributed by atoms with E-state index in [4.69, 9.17) is 0 Å². The van der Waals surface area contributed by atoms with Gasteiger partial charge >= 0.3 is 0 Å². The summed E-state index contributed by atoms with van der Waals surface area (Å²) < 4.78 is 0. The van der Waals surface area contributed by atoms with E-state index in [9.17, 15) is 10.2 Å². The standard InChI is InChI=1S/C27H36O2/c1-8-27(9-2,22-13-10-19(3)24(28)16-15-22)23-14-11-21(20(4)18-23)12-17-25(29)26(5,6)7/h10-11,13-16,18-19,25,28-29H,8-9H2,1-7H3. The Kier molecular flexibility index (Phi) is 7.20. The Balaban J connectivity index is 2.47. The van der Waals surface area contributed by atoms with Crippen LogP contribution >= 0.6 is 0 Å². The SMILES string of the molecule is CCC(CC)(C1=CC=C(O)C(C)C=C1)c1ccc(C#CC(O)C(C)(C)C)c(C)c1. The third-order valence-corrected chi connectivity index (χ3v) is 6.17. The fraction of sp³-hybridized carbons (Fsp3) is 0.481. The second kappa shape index (κ2) is 9.06. The smallest absolute Gasteiger partial charge is 0.119 e. The van der Waals surface area contributed by atoms with Crippen LogP contribution in [0.2, 0.25) is 0 Å². The Morgan fingerprint density at radius 2 is 1.76 bits per heavy atom. The highest BCUT2D eigenvalue weighted by Crippen LogP contribution is 2.41. The molecule has 0 radical (unpaired) electrons. The van der Waals surface area contributed by atoms with Gasteiger partial charge in [-0.3, -0.25) is 0 Å². The maximum atomic E-state index is 10.2. The molecule has 0 saturated heterocycles. The molecule has 2 atom stereocenters. The number of benzene rings is 1. The highest BCUT2D eigenvalue weighted by molar-refractivity contribution is 5.50. The highest BCUT2D eigenvalue weighted by atomic mass is 16.3. The van der Waals surface area contributed by atoms with Crippen LogP contribution in [0, 0.1) is 30.1 Å². The normalized spacial score (nSPS) is 18.3. The molecule has 0 aromatic heterocycles.